The fourth-order valence-electron chi connectivity index (χ4n) is 2.42. The third kappa shape index (κ3) is 3.68. The average Bonchev–Trinajstić information content (AvgIpc) is 2.85. The Bertz CT molecular complexity index is 651. The molecule has 1 aromatic carbocycles. The third-order valence-electron chi connectivity index (χ3n) is 3.48. The van der Waals surface area contributed by atoms with Crippen LogP contribution in [0.2, 0.25) is 5.02 Å². The van der Waals surface area contributed by atoms with Crippen LogP contribution in [-0.2, 0) is 10.0 Å². The number of non-ortho nitro benzene ring substituents is 1. The number of halogens is 1. The van der Waals surface area contributed by atoms with Gasteiger partial charge in [0.2, 0.25) is 10.0 Å². The van der Waals surface area contributed by atoms with E-state index in [4.69, 9.17) is 11.6 Å². The Morgan fingerprint density at radius 3 is 2.76 bits per heavy atom. The summed E-state index contributed by atoms with van der Waals surface area (Å²) in [6.07, 6.45) is 4.62. The molecule has 9 heteroatoms. The Hall–Kier alpha value is -0.830. The van der Waals surface area contributed by atoms with Gasteiger partial charge in [-0.2, -0.15) is 11.8 Å². The predicted octanol–water partition coefficient (Wildman–Crippen LogP) is 2.81. The molecule has 21 heavy (non-hydrogen) atoms. The van der Waals surface area contributed by atoms with Gasteiger partial charge < -0.3 is 0 Å². The fraction of sp³-hybridized carbons (Fsp3) is 0.500. The molecule has 0 amide bonds. The monoisotopic (exact) mass is 350 g/mol. The van der Waals surface area contributed by atoms with Crippen molar-refractivity contribution in [1.29, 1.82) is 0 Å². The molecule has 0 aliphatic heterocycles. The van der Waals surface area contributed by atoms with Gasteiger partial charge in [0.25, 0.3) is 5.69 Å². The molecule has 2 unspecified atom stereocenters. The van der Waals surface area contributed by atoms with E-state index in [0.29, 0.717) is 0 Å². The molecule has 0 bridgehead atoms. The van der Waals surface area contributed by atoms with E-state index >= 15 is 0 Å². The van der Waals surface area contributed by atoms with Crippen LogP contribution in [0.5, 0.6) is 0 Å². The molecular formula is C12H15ClN2O4S2. The summed E-state index contributed by atoms with van der Waals surface area (Å²) >= 11 is 7.51. The van der Waals surface area contributed by atoms with E-state index in [9.17, 15) is 18.5 Å². The Balaban J connectivity index is 2.31. The molecule has 116 valence electrons. The van der Waals surface area contributed by atoms with Gasteiger partial charge in [0.05, 0.1) is 9.95 Å². The number of nitro groups is 1. The number of nitrogens with zero attached hydrogens (tertiary/aromatic N) is 1. The minimum Gasteiger partial charge on any atom is -0.258 e. The van der Waals surface area contributed by atoms with Gasteiger partial charge in [0.15, 0.2) is 0 Å². The van der Waals surface area contributed by atoms with Crippen molar-refractivity contribution in [2.24, 2.45) is 0 Å². The highest BCUT2D eigenvalue weighted by molar-refractivity contribution is 7.99. The number of benzene rings is 1. The van der Waals surface area contributed by atoms with Crippen molar-refractivity contribution in [3.63, 3.8) is 0 Å². The first-order chi connectivity index (χ1) is 9.85. The van der Waals surface area contributed by atoms with Crippen LogP contribution in [0.15, 0.2) is 23.1 Å². The normalized spacial score (nSPS) is 22.4. The molecule has 0 heterocycles. The number of sulfonamides is 1. The second-order valence-electron chi connectivity index (χ2n) is 4.80. The summed E-state index contributed by atoms with van der Waals surface area (Å²) in [7, 11) is -3.87. The summed E-state index contributed by atoms with van der Waals surface area (Å²) in [5.41, 5.74) is -0.299. The molecular weight excluding hydrogens is 336 g/mol. The summed E-state index contributed by atoms with van der Waals surface area (Å²) in [5.74, 6) is 0. The highest BCUT2D eigenvalue weighted by atomic mass is 35.5. The van der Waals surface area contributed by atoms with E-state index in [1.165, 1.54) is 12.1 Å². The highest BCUT2D eigenvalue weighted by Crippen LogP contribution is 2.31. The van der Waals surface area contributed by atoms with Crippen molar-refractivity contribution in [2.75, 3.05) is 6.26 Å². The first kappa shape index (κ1) is 16.5. The topological polar surface area (TPSA) is 89.3 Å². The summed E-state index contributed by atoms with van der Waals surface area (Å²) in [6.45, 7) is 0. The zero-order valence-corrected chi connectivity index (χ0v) is 13.7. The average molecular weight is 351 g/mol. The SMILES string of the molecule is CSC1CCCC1NS(=O)(=O)c1cc([N+](=O)[O-])ccc1Cl. The van der Waals surface area contributed by atoms with Gasteiger partial charge in [0, 0.05) is 23.4 Å². The molecule has 0 radical (unpaired) electrons. The van der Waals surface area contributed by atoms with Crippen LogP contribution in [0.3, 0.4) is 0 Å². The lowest BCUT2D eigenvalue weighted by Gasteiger charge is -2.19. The van der Waals surface area contributed by atoms with Gasteiger partial charge in [-0.1, -0.05) is 18.0 Å². The van der Waals surface area contributed by atoms with E-state index in [2.05, 4.69) is 4.72 Å². The summed E-state index contributed by atoms with van der Waals surface area (Å²) < 4.78 is 27.5. The van der Waals surface area contributed by atoms with Gasteiger partial charge in [-0.25, -0.2) is 13.1 Å². The summed E-state index contributed by atoms with van der Waals surface area (Å²) in [4.78, 5) is 9.89. The minimum absolute atomic E-state index is 0.0215. The Kier molecular flexibility index (Phi) is 5.13. The molecule has 2 rings (SSSR count). The first-order valence-electron chi connectivity index (χ1n) is 6.34. The van der Waals surface area contributed by atoms with E-state index in [-0.39, 0.29) is 26.9 Å². The standard InChI is InChI=1S/C12H15ClN2O4S2/c1-20-11-4-2-3-10(11)14-21(18,19)12-7-8(15(16)17)5-6-9(12)13/h5-7,10-11,14H,2-4H2,1H3. The molecule has 0 saturated heterocycles. The second-order valence-corrected chi connectivity index (χ2v) is 7.97. The van der Waals surface area contributed by atoms with Crippen LogP contribution in [-0.4, -0.2) is 30.9 Å². The number of nitro benzene ring substituents is 1. The molecule has 1 N–H and O–H groups in total. The van der Waals surface area contributed by atoms with E-state index < -0.39 is 14.9 Å². The maximum Gasteiger partial charge on any atom is 0.270 e. The fourth-order valence-corrected chi connectivity index (χ4v) is 5.27. The largest absolute Gasteiger partial charge is 0.270 e. The maximum absolute atomic E-state index is 12.4. The Labute approximate surface area is 132 Å². The minimum atomic E-state index is -3.87. The molecule has 0 aromatic heterocycles. The zero-order valence-electron chi connectivity index (χ0n) is 11.3. The second kappa shape index (κ2) is 6.51. The smallest absolute Gasteiger partial charge is 0.258 e. The van der Waals surface area contributed by atoms with E-state index in [1.54, 1.807) is 11.8 Å². The highest BCUT2D eigenvalue weighted by Gasteiger charge is 2.32. The quantitative estimate of drug-likeness (QED) is 0.651. The zero-order chi connectivity index (χ0) is 15.6. The van der Waals surface area contributed by atoms with E-state index in [0.717, 1.165) is 25.3 Å². The Morgan fingerprint density at radius 2 is 2.14 bits per heavy atom. The van der Waals surface area contributed by atoms with Crippen LogP contribution >= 0.6 is 23.4 Å². The first-order valence-corrected chi connectivity index (χ1v) is 9.49. The van der Waals surface area contributed by atoms with Crippen molar-refractivity contribution in [1.82, 2.24) is 4.72 Å². The molecule has 1 saturated carbocycles. The van der Waals surface area contributed by atoms with Gasteiger partial charge in [-0.15, -0.1) is 0 Å². The van der Waals surface area contributed by atoms with Crippen molar-refractivity contribution in [2.45, 2.75) is 35.4 Å². The predicted molar refractivity (Wildman–Crippen MR) is 83.4 cm³/mol. The molecule has 1 fully saturated rings. The number of hydrogen-bond donors (Lipinski definition) is 1. The van der Waals surface area contributed by atoms with Gasteiger partial charge in [0.1, 0.15) is 4.90 Å². The molecule has 1 aliphatic carbocycles. The number of thioether (sulfide) groups is 1. The molecule has 1 aromatic rings. The van der Waals surface area contributed by atoms with Crippen molar-refractivity contribution >= 4 is 39.1 Å². The number of hydrogen-bond acceptors (Lipinski definition) is 5. The molecule has 6 nitrogen and oxygen atoms in total. The van der Waals surface area contributed by atoms with E-state index in [1.807, 2.05) is 6.26 Å². The Morgan fingerprint density at radius 1 is 1.43 bits per heavy atom. The lowest BCUT2D eigenvalue weighted by Crippen LogP contribution is -2.38. The van der Waals surface area contributed by atoms with Gasteiger partial charge >= 0.3 is 0 Å². The number of rotatable bonds is 5. The molecule has 2 atom stereocenters. The third-order valence-corrected chi connectivity index (χ3v) is 6.62. The lowest BCUT2D eigenvalue weighted by atomic mass is 10.3. The molecule has 1 aliphatic rings. The van der Waals surface area contributed by atoms with Crippen LogP contribution in [0, 0.1) is 10.1 Å². The van der Waals surface area contributed by atoms with Crippen LogP contribution in [0.4, 0.5) is 5.69 Å². The number of nitrogens with one attached hydrogen (secondary N) is 1. The van der Waals surface area contributed by atoms with Gasteiger partial charge in [-0.3, -0.25) is 10.1 Å². The molecule has 0 spiro atoms. The van der Waals surface area contributed by atoms with Crippen molar-refractivity contribution in [3.05, 3.63) is 33.3 Å². The van der Waals surface area contributed by atoms with Crippen LogP contribution < -0.4 is 4.72 Å². The summed E-state index contributed by atoms with van der Waals surface area (Å²) in [5, 5.41) is 11.0. The van der Waals surface area contributed by atoms with Crippen LogP contribution in [0.1, 0.15) is 19.3 Å². The maximum atomic E-state index is 12.4. The van der Waals surface area contributed by atoms with Gasteiger partial charge in [-0.05, 0) is 25.2 Å². The summed E-state index contributed by atoms with van der Waals surface area (Å²) in [6, 6.07) is 3.24. The lowest BCUT2D eigenvalue weighted by molar-refractivity contribution is -0.385. The van der Waals surface area contributed by atoms with Crippen molar-refractivity contribution in [3.8, 4) is 0 Å². The van der Waals surface area contributed by atoms with Crippen molar-refractivity contribution < 1.29 is 13.3 Å². The van der Waals surface area contributed by atoms with Crippen LogP contribution in [0.25, 0.3) is 0 Å².